The van der Waals surface area contributed by atoms with Crippen LogP contribution in [-0.4, -0.2) is 54.7 Å². The molecule has 10 heteroatoms. The van der Waals surface area contributed by atoms with Crippen LogP contribution in [0.15, 0.2) is 206 Å². The minimum Gasteiger partial charge on any atom is -0.405 e. The summed E-state index contributed by atoms with van der Waals surface area (Å²) in [6.45, 7) is 24.7. The van der Waals surface area contributed by atoms with Crippen molar-refractivity contribution in [3.63, 3.8) is 0 Å². The van der Waals surface area contributed by atoms with Crippen LogP contribution in [0.5, 0.6) is 0 Å². The molecular weight excluding hydrogens is 1080 g/mol. The molecule has 0 radical (unpaired) electrons. The Kier molecular flexibility index (Phi) is 12.3. The van der Waals surface area contributed by atoms with Gasteiger partial charge in [0, 0.05) is 5.02 Å². The van der Waals surface area contributed by atoms with Crippen LogP contribution in [0.1, 0.15) is 128 Å². The molecule has 2 spiro atoms. The van der Waals surface area contributed by atoms with Crippen LogP contribution in [-0.2, 0) is 38.8 Å². The number of rotatable bonds is 2. The molecule has 3 aliphatic heterocycles. The van der Waals surface area contributed by atoms with Gasteiger partial charge in [-0.15, -0.1) is 0 Å². The van der Waals surface area contributed by atoms with Crippen LogP contribution in [0.3, 0.4) is 0 Å². The molecular formula is C76H70B3ClO6. The van der Waals surface area contributed by atoms with Crippen LogP contribution in [0.2, 0.25) is 5.02 Å². The summed E-state index contributed by atoms with van der Waals surface area (Å²) in [5.74, 6) is 0. The molecule has 0 bridgehead atoms. The summed E-state index contributed by atoms with van der Waals surface area (Å²) in [7, 11) is -1.36. The molecule has 3 saturated heterocycles. The van der Waals surface area contributed by atoms with Crippen molar-refractivity contribution in [2.45, 2.75) is 128 Å². The Hall–Kier alpha value is -7.04. The second kappa shape index (κ2) is 19.0. The largest absolute Gasteiger partial charge is 0.494 e. The van der Waals surface area contributed by atoms with Crippen molar-refractivity contribution in [1.29, 1.82) is 0 Å². The third-order valence-electron chi connectivity index (χ3n) is 21.2. The van der Waals surface area contributed by atoms with Crippen LogP contribution in [0, 0.1) is 0 Å². The van der Waals surface area contributed by atoms with Gasteiger partial charge >= 0.3 is 21.1 Å². The van der Waals surface area contributed by atoms with Crippen molar-refractivity contribution in [1.82, 2.24) is 0 Å². The molecule has 0 aromatic heterocycles. The van der Waals surface area contributed by atoms with Gasteiger partial charge in [-0.05, 0) is 236 Å². The average Bonchev–Trinajstić information content (AvgIpc) is 1.57. The first-order valence-electron chi connectivity index (χ1n) is 30.4. The zero-order valence-corrected chi connectivity index (χ0v) is 51.9. The predicted octanol–water partition coefficient (Wildman–Crippen LogP) is 17.6. The Labute approximate surface area is 512 Å². The van der Waals surface area contributed by atoms with Gasteiger partial charge in [-0.1, -0.05) is 181 Å². The number of hydrogen-bond donors (Lipinski definition) is 0. The van der Waals surface area contributed by atoms with Crippen molar-refractivity contribution in [2.75, 3.05) is 0 Å². The molecule has 0 saturated carbocycles. The predicted molar refractivity (Wildman–Crippen MR) is 353 cm³/mol. The minimum absolute atomic E-state index is 0.327. The van der Waals surface area contributed by atoms with Crippen molar-refractivity contribution in [3.8, 4) is 44.5 Å². The Balaban J connectivity index is 0.000000116. The van der Waals surface area contributed by atoms with Crippen LogP contribution >= 0.6 is 11.6 Å². The monoisotopic (exact) mass is 1150 g/mol. The lowest BCUT2D eigenvalue weighted by Crippen LogP contribution is -2.41. The smallest absolute Gasteiger partial charge is 0.405 e. The summed E-state index contributed by atoms with van der Waals surface area (Å²) in [4.78, 5) is 0. The lowest BCUT2D eigenvalue weighted by atomic mass is 9.49. The maximum absolute atomic E-state index is 6.58. The van der Waals surface area contributed by atoms with Gasteiger partial charge in [-0.3, -0.25) is 0 Å². The SMILES string of the molecule is CC1(C)OB(B2OC(C)(C)C(C)(C)O2)OC1(C)C.CC1(C)OB(c2ccc3c(c2)C2(c4ccccc4-3)c3ccccc3-c3cc4ccccc4cc32)OC1(C)C.Clc1ccc2c(c1)C1(c3ccccc3-2)c2ccccc2-c2cc3ccccc3cc21. The number of fused-ring (bicyclic) bond motifs is 22. The highest BCUT2D eigenvalue weighted by atomic mass is 35.5. The first kappa shape index (κ1) is 55.5. The van der Waals surface area contributed by atoms with Crippen molar-refractivity contribution < 1.29 is 27.9 Å². The van der Waals surface area contributed by atoms with E-state index in [9.17, 15) is 0 Å². The summed E-state index contributed by atoms with van der Waals surface area (Å²) in [6, 6.07) is 75.8. The molecule has 2 atom stereocenters. The van der Waals surface area contributed by atoms with E-state index in [4.69, 9.17) is 39.5 Å². The lowest BCUT2D eigenvalue weighted by molar-refractivity contribution is 0.00578. The molecule has 17 rings (SSSR count). The van der Waals surface area contributed by atoms with Crippen molar-refractivity contribution in [2.24, 2.45) is 0 Å². The molecule has 86 heavy (non-hydrogen) atoms. The molecule has 3 heterocycles. The van der Waals surface area contributed by atoms with Gasteiger partial charge in [-0.25, -0.2) is 0 Å². The van der Waals surface area contributed by atoms with E-state index in [1.165, 1.54) is 111 Å². The summed E-state index contributed by atoms with van der Waals surface area (Å²) < 4.78 is 36.9. The Morgan fingerprint density at radius 1 is 0.256 bits per heavy atom. The fourth-order valence-corrected chi connectivity index (χ4v) is 14.9. The minimum atomic E-state index is -0.476. The van der Waals surface area contributed by atoms with E-state index in [2.05, 4.69) is 228 Å². The van der Waals surface area contributed by atoms with Crippen LogP contribution in [0.4, 0.5) is 0 Å². The number of halogens is 1. The Morgan fingerprint density at radius 2 is 0.535 bits per heavy atom. The molecule has 10 aromatic rings. The number of hydrogen-bond acceptors (Lipinski definition) is 6. The lowest BCUT2D eigenvalue weighted by Gasteiger charge is -2.32. The highest BCUT2D eigenvalue weighted by Gasteiger charge is 2.64. The zero-order valence-electron chi connectivity index (χ0n) is 51.2. The van der Waals surface area contributed by atoms with Gasteiger partial charge in [0.15, 0.2) is 0 Å². The first-order valence-corrected chi connectivity index (χ1v) is 30.8. The molecule has 10 aromatic carbocycles. The highest BCUT2D eigenvalue weighted by molar-refractivity contribution is 7.11. The summed E-state index contributed by atoms with van der Waals surface area (Å²) in [6.07, 6.45) is 0. The van der Waals surface area contributed by atoms with E-state index in [-0.39, 0.29) is 44.4 Å². The maximum atomic E-state index is 6.58. The van der Waals surface area contributed by atoms with Gasteiger partial charge in [0.25, 0.3) is 0 Å². The van der Waals surface area contributed by atoms with E-state index < -0.39 is 21.1 Å². The molecule has 0 amide bonds. The normalized spacial score (nSPS) is 22.3. The molecule has 4 aliphatic carbocycles. The summed E-state index contributed by atoms with van der Waals surface area (Å²) >= 11 is 6.58. The standard InChI is InChI=1S/C35H29BO2.C29H17Cl.C12H24B2O4/c1-33(2)34(3,4)38-36(37-33)24-17-18-27-25-13-7-9-15-29(25)35(32(27)21-24)30-16-10-8-14-26(30)28-19-22-11-5-6-12-23(22)20-31(28)35;30-20-13-14-23-21-9-3-5-11-25(21)29(28(23)17-20)26-12-6-4-10-22(26)24-15-18-7-1-2-8-19(18)16-27(24)29;1-9(2)10(3,4)16-13(15-9)14-17-11(5,6)12(7,8)18-14/h5-21H,1-4H3;1-17H;1-8H3. The average molecular weight is 1150 g/mol. The molecule has 2 unspecified atom stereocenters. The Morgan fingerprint density at radius 3 is 0.919 bits per heavy atom. The van der Waals surface area contributed by atoms with Gasteiger partial charge in [-0.2, -0.15) is 0 Å². The van der Waals surface area contributed by atoms with E-state index in [1.54, 1.807) is 0 Å². The van der Waals surface area contributed by atoms with Crippen LogP contribution < -0.4 is 5.46 Å². The molecule has 6 nitrogen and oxygen atoms in total. The third kappa shape index (κ3) is 7.84. The zero-order chi connectivity index (χ0) is 59.7. The summed E-state index contributed by atoms with van der Waals surface area (Å²) in [5.41, 5.74) is 19.3. The van der Waals surface area contributed by atoms with Gasteiger partial charge < -0.3 is 27.9 Å². The molecule has 426 valence electrons. The Bertz CT molecular complexity index is 4390. The van der Waals surface area contributed by atoms with E-state index in [0.29, 0.717) is 0 Å². The first-order chi connectivity index (χ1) is 41.0. The summed E-state index contributed by atoms with van der Waals surface area (Å²) in [5, 5.41) is 5.88. The topological polar surface area (TPSA) is 55.4 Å². The molecule has 7 aliphatic rings. The van der Waals surface area contributed by atoms with Crippen LogP contribution in [0.25, 0.3) is 66.1 Å². The van der Waals surface area contributed by atoms with Crippen molar-refractivity contribution in [3.05, 3.63) is 256 Å². The molecule has 0 N–H and O–H groups in total. The fourth-order valence-electron chi connectivity index (χ4n) is 14.8. The van der Waals surface area contributed by atoms with E-state index >= 15 is 0 Å². The number of benzene rings is 10. The van der Waals surface area contributed by atoms with Crippen molar-refractivity contribution >= 4 is 59.7 Å². The maximum Gasteiger partial charge on any atom is 0.494 e. The van der Waals surface area contributed by atoms with E-state index in [0.717, 1.165) is 10.5 Å². The van der Waals surface area contributed by atoms with Gasteiger partial charge in [0.1, 0.15) is 0 Å². The highest BCUT2D eigenvalue weighted by Crippen LogP contribution is 2.65. The second-order valence-corrected chi connectivity index (χ2v) is 27.9. The van der Waals surface area contributed by atoms with E-state index in [1.807, 2.05) is 61.5 Å². The third-order valence-corrected chi connectivity index (χ3v) is 21.4. The fraction of sp³-hybridized carbons (Fsp3) is 0.263. The van der Waals surface area contributed by atoms with Gasteiger partial charge in [0.05, 0.1) is 44.4 Å². The molecule has 3 fully saturated rings. The van der Waals surface area contributed by atoms with Gasteiger partial charge in [0.2, 0.25) is 0 Å². The quantitative estimate of drug-likeness (QED) is 0.161. The second-order valence-electron chi connectivity index (χ2n) is 27.5.